The predicted octanol–water partition coefficient (Wildman–Crippen LogP) is 2.24. The number of rotatable bonds is 5. The Morgan fingerprint density at radius 3 is 2.23 bits per heavy atom. The number of aliphatic imine (C=N–C) groups is 1. The molecule has 0 aromatic rings. The number of hydrogen-bond acceptors (Lipinski definition) is 5. The summed E-state index contributed by atoms with van der Waals surface area (Å²) in [6.45, 7) is 12.7. The van der Waals surface area contributed by atoms with E-state index in [0.717, 1.165) is 64.4 Å². The lowest BCUT2D eigenvalue weighted by molar-refractivity contribution is 0.0490. The summed E-state index contributed by atoms with van der Waals surface area (Å²) >= 11 is 0. The first-order valence-corrected chi connectivity index (χ1v) is 11.1. The number of piperazine rings is 1. The molecule has 1 aliphatic carbocycles. The minimum absolute atomic E-state index is 0. The molecular weight excluding hydrogens is 495 g/mol. The van der Waals surface area contributed by atoms with Crippen LogP contribution in [0, 0.1) is 0 Å². The molecule has 1 amide bonds. The van der Waals surface area contributed by atoms with Gasteiger partial charge in [0.05, 0.1) is 6.54 Å². The van der Waals surface area contributed by atoms with Crippen LogP contribution in [0.25, 0.3) is 0 Å². The van der Waals surface area contributed by atoms with Gasteiger partial charge in [-0.2, -0.15) is 0 Å². The summed E-state index contributed by atoms with van der Waals surface area (Å²) in [4.78, 5) is 21.6. The van der Waals surface area contributed by atoms with Gasteiger partial charge in [0, 0.05) is 44.3 Å². The highest BCUT2D eigenvalue weighted by Crippen LogP contribution is 2.19. The summed E-state index contributed by atoms with van der Waals surface area (Å²) < 4.78 is 5.37. The van der Waals surface area contributed by atoms with E-state index < -0.39 is 5.60 Å². The largest absolute Gasteiger partial charge is 0.444 e. The molecular formula is C21H43IN6O2. The van der Waals surface area contributed by atoms with Gasteiger partial charge >= 0.3 is 6.09 Å². The summed E-state index contributed by atoms with van der Waals surface area (Å²) in [5.41, 5.74) is -0.457. The maximum atomic E-state index is 12.0. The molecule has 0 bridgehead atoms. The SMILES string of the molecule is CCNC(=NCC1CN(C)CCN1C)NC1CCC(NC(=O)OC(C)(C)C)CC1.I. The number of nitrogens with zero attached hydrogens (tertiary/aromatic N) is 3. The van der Waals surface area contributed by atoms with Crippen LogP contribution in [0.2, 0.25) is 0 Å². The van der Waals surface area contributed by atoms with Gasteiger partial charge in [-0.1, -0.05) is 0 Å². The molecule has 30 heavy (non-hydrogen) atoms. The van der Waals surface area contributed by atoms with E-state index in [4.69, 9.17) is 9.73 Å². The lowest BCUT2D eigenvalue weighted by Gasteiger charge is -2.37. The van der Waals surface area contributed by atoms with Crippen LogP contribution in [0.5, 0.6) is 0 Å². The van der Waals surface area contributed by atoms with Gasteiger partial charge < -0.3 is 25.6 Å². The highest BCUT2D eigenvalue weighted by atomic mass is 127. The maximum Gasteiger partial charge on any atom is 0.407 e. The van der Waals surface area contributed by atoms with Crippen LogP contribution >= 0.6 is 24.0 Å². The molecule has 3 N–H and O–H groups in total. The Morgan fingerprint density at radius 2 is 1.67 bits per heavy atom. The quantitative estimate of drug-likeness (QED) is 0.283. The molecule has 2 aliphatic rings. The zero-order chi connectivity index (χ0) is 21.4. The molecule has 0 spiro atoms. The van der Waals surface area contributed by atoms with Crippen molar-refractivity contribution in [2.45, 2.75) is 77.1 Å². The third-order valence-corrected chi connectivity index (χ3v) is 5.57. The number of nitrogens with one attached hydrogen (secondary N) is 3. The van der Waals surface area contributed by atoms with Crippen molar-refractivity contribution in [3.63, 3.8) is 0 Å². The summed E-state index contributed by atoms with van der Waals surface area (Å²) in [5.74, 6) is 0.901. The lowest BCUT2D eigenvalue weighted by atomic mass is 9.91. The zero-order valence-electron chi connectivity index (χ0n) is 19.7. The number of guanidine groups is 1. The fourth-order valence-corrected chi connectivity index (χ4v) is 3.86. The molecule has 2 fully saturated rings. The first kappa shape index (κ1) is 27.2. The van der Waals surface area contributed by atoms with Gasteiger partial charge in [-0.3, -0.25) is 9.89 Å². The number of carbonyl (C=O) groups is 1. The molecule has 2 rings (SSSR count). The van der Waals surface area contributed by atoms with Gasteiger partial charge in [0.15, 0.2) is 5.96 Å². The van der Waals surface area contributed by atoms with Gasteiger partial charge in [-0.05, 0) is 67.5 Å². The van der Waals surface area contributed by atoms with Crippen LogP contribution < -0.4 is 16.0 Å². The van der Waals surface area contributed by atoms with Crippen LogP contribution in [-0.4, -0.2) is 92.4 Å². The summed E-state index contributed by atoms with van der Waals surface area (Å²) in [6.07, 6.45) is 3.61. The van der Waals surface area contributed by atoms with Crippen molar-refractivity contribution in [1.82, 2.24) is 25.8 Å². The fraction of sp³-hybridized carbons (Fsp3) is 0.905. The van der Waals surface area contributed by atoms with Crippen molar-refractivity contribution in [2.24, 2.45) is 4.99 Å². The molecule has 0 aromatic carbocycles. The topological polar surface area (TPSA) is 81.2 Å². The van der Waals surface area contributed by atoms with Crippen molar-refractivity contribution in [3.05, 3.63) is 0 Å². The van der Waals surface area contributed by atoms with Gasteiger partial charge in [0.1, 0.15) is 5.60 Å². The number of likely N-dealkylation sites (N-methyl/N-ethyl adjacent to an activating group) is 2. The molecule has 1 atom stereocenters. The fourth-order valence-electron chi connectivity index (χ4n) is 3.86. The molecule has 1 unspecified atom stereocenters. The molecule has 8 nitrogen and oxygen atoms in total. The van der Waals surface area contributed by atoms with Crippen molar-refractivity contribution >= 4 is 36.0 Å². The summed E-state index contributed by atoms with van der Waals surface area (Å²) in [6, 6.07) is 1.03. The first-order chi connectivity index (χ1) is 13.7. The minimum atomic E-state index is -0.457. The lowest BCUT2D eigenvalue weighted by Crippen LogP contribution is -2.52. The van der Waals surface area contributed by atoms with Crippen LogP contribution in [0.4, 0.5) is 4.79 Å². The third-order valence-electron chi connectivity index (χ3n) is 5.57. The number of carbonyl (C=O) groups excluding carboxylic acids is 1. The van der Waals surface area contributed by atoms with E-state index in [1.165, 1.54) is 0 Å². The van der Waals surface area contributed by atoms with Crippen molar-refractivity contribution in [1.29, 1.82) is 0 Å². The molecule has 0 radical (unpaired) electrons. The average molecular weight is 539 g/mol. The molecule has 1 saturated heterocycles. The number of hydrogen-bond donors (Lipinski definition) is 3. The van der Waals surface area contributed by atoms with E-state index in [9.17, 15) is 4.79 Å². The number of ether oxygens (including phenoxy) is 1. The second-order valence-electron chi connectivity index (χ2n) is 9.46. The zero-order valence-corrected chi connectivity index (χ0v) is 22.0. The normalized spacial score (nSPS) is 26.5. The summed E-state index contributed by atoms with van der Waals surface area (Å²) in [7, 11) is 4.36. The molecule has 0 aromatic heterocycles. The number of amides is 1. The Bertz CT molecular complexity index is 546. The Hall–Kier alpha value is -0.810. The van der Waals surface area contributed by atoms with E-state index in [1.807, 2.05) is 20.8 Å². The van der Waals surface area contributed by atoms with Gasteiger partial charge in [0.2, 0.25) is 0 Å². The predicted molar refractivity (Wildman–Crippen MR) is 134 cm³/mol. The van der Waals surface area contributed by atoms with E-state index in [1.54, 1.807) is 0 Å². The first-order valence-electron chi connectivity index (χ1n) is 11.1. The smallest absolute Gasteiger partial charge is 0.407 e. The standard InChI is InChI=1S/C21H42N6O2.HI/c1-7-22-19(23-14-18-15-26(5)12-13-27(18)6)24-16-8-10-17(11-9-16)25-20(28)29-21(2,3)4;/h16-18H,7-15H2,1-6H3,(H,25,28)(H2,22,23,24);1H. The number of alkyl carbamates (subject to hydrolysis) is 1. The molecule has 1 saturated carbocycles. The second-order valence-corrected chi connectivity index (χ2v) is 9.46. The molecule has 1 heterocycles. The monoisotopic (exact) mass is 538 g/mol. The maximum absolute atomic E-state index is 12.0. The number of halogens is 1. The summed E-state index contributed by atoms with van der Waals surface area (Å²) in [5, 5.41) is 9.99. The van der Waals surface area contributed by atoms with Crippen molar-refractivity contribution in [2.75, 3.05) is 46.8 Å². The second kappa shape index (κ2) is 12.9. The Labute approximate surface area is 200 Å². The molecule has 176 valence electrons. The van der Waals surface area contributed by atoms with Gasteiger partial charge in [-0.25, -0.2) is 4.79 Å². The van der Waals surface area contributed by atoms with E-state index in [2.05, 4.69) is 46.8 Å². The van der Waals surface area contributed by atoms with E-state index in [-0.39, 0.29) is 36.1 Å². The van der Waals surface area contributed by atoms with Gasteiger partial charge in [0.25, 0.3) is 0 Å². The highest BCUT2D eigenvalue weighted by molar-refractivity contribution is 14.0. The van der Waals surface area contributed by atoms with Crippen LogP contribution in [0.15, 0.2) is 4.99 Å². The highest BCUT2D eigenvalue weighted by Gasteiger charge is 2.26. The minimum Gasteiger partial charge on any atom is -0.444 e. The van der Waals surface area contributed by atoms with Crippen LogP contribution in [0.1, 0.15) is 53.4 Å². The van der Waals surface area contributed by atoms with E-state index in [0.29, 0.717) is 12.1 Å². The Morgan fingerprint density at radius 1 is 1.07 bits per heavy atom. The Balaban J connectivity index is 0.00000450. The van der Waals surface area contributed by atoms with Crippen molar-refractivity contribution < 1.29 is 9.53 Å². The Kier molecular flexibility index (Phi) is 11.7. The molecule has 1 aliphatic heterocycles. The van der Waals surface area contributed by atoms with Crippen molar-refractivity contribution in [3.8, 4) is 0 Å². The molecule has 9 heteroatoms. The van der Waals surface area contributed by atoms with Crippen LogP contribution in [0.3, 0.4) is 0 Å². The third kappa shape index (κ3) is 10.00. The van der Waals surface area contributed by atoms with Crippen LogP contribution in [-0.2, 0) is 4.74 Å². The average Bonchev–Trinajstić information content (AvgIpc) is 2.62. The van der Waals surface area contributed by atoms with E-state index >= 15 is 0 Å². The van der Waals surface area contributed by atoms with Gasteiger partial charge in [-0.15, -0.1) is 24.0 Å².